The number of pyridine rings is 1. The molecule has 0 aliphatic carbocycles. The van der Waals surface area contributed by atoms with Crippen LogP contribution in [0, 0.1) is 0 Å². The van der Waals surface area contributed by atoms with Crippen LogP contribution in [0.4, 0.5) is 0 Å². The topological polar surface area (TPSA) is 75.7 Å². The molecular formula is C13H11N3O2S. The van der Waals surface area contributed by atoms with Gasteiger partial charge in [0.05, 0.1) is 10.4 Å². The third kappa shape index (κ3) is 2.22. The highest BCUT2D eigenvalue weighted by Gasteiger charge is 2.10. The largest absolute Gasteiger partial charge is 0.337 e. The lowest BCUT2D eigenvalue weighted by molar-refractivity contribution is 0.602. The number of benzene rings is 1. The van der Waals surface area contributed by atoms with Gasteiger partial charge in [0.2, 0.25) is 0 Å². The number of imidazole rings is 1. The van der Waals surface area contributed by atoms with Crippen molar-refractivity contribution in [2.24, 2.45) is 0 Å². The molecule has 0 aliphatic heterocycles. The van der Waals surface area contributed by atoms with Gasteiger partial charge >= 0.3 is 0 Å². The molecular weight excluding hydrogens is 262 g/mol. The second kappa shape index (κ2) is 4.17. The van der Waals surface area contributed by atoms with Crippen molar-refractivity contribution in [3.8, 4) is 11.4 Å². The Kier molecular flexibility index (Phi) is 2.60. The number of nitrogens with zero attached hydrogens (tertiary/aromatic N) is 2. The van der Waals surface area contributed by atoms with Crippen LogP contribution in [0.15, 0.2) is 47.5 Å². The molecule has 2 aromatic heterocycles. The van der Waals surface area contributed by atoms with E-state index in [0.29, 0.717) is 11.5 Å². The van der Waals surface area contributed by atoms with Crippen LogP contribution in [0.1, 0.15) is 0 Å². The molecule has 1 aromatic carbocycles. The van der Waals surface area contributed by atoms with Crippen LogP contribution in [0.5, 0.6) is 0 Å². The van der Waals surface area contributed by atoms with Gasteiger partial charge in [-0.2, -0.15) is 0 Å². The normalized spacial score (nSPS) is 11.8. The maximum absolute atomic E-state index is 11.5. The first-order chi connectivity index (χ1) is 9.04. The summed E-state index contributed by atoms with van der Waals surface area (Å²) in [5, 5.41) is 0. The molecule has 0 atom stereocenters. The molecule has 0 bridgehead atoms. The number of aromatic nitrogens is 3. The van der Waals surface area contributed by atoms with Crippen LogP contribution in [0.2, 0.25) is 0 Å². The van der Waals surface area contributed by atoms with Crippen LogP contribution in [0.25, 0.3) is 22.6 Å². The van der Waals surface area contributed by atoms with Gasteiger partial charge in [0.15, 0.2) is 15.5 Å². The zero-order chi connectivity index (χ0) is 13.5. The molecule has 0 radical (unpaired) electrons. The Bertz CT molecular complexity index is 820. The lowest BCUT2D eigenvalue weighted by atomic mass is 10.2. The second-order valence-electron chi connectivity index (χ2n) is 4.26. The first-order valence-electron chi connectivity index (χ1n) is 5.65. The van der Waals surface area contributed by atoms with Gasteiger partial charge < -0.3 is 4.98 Å². The number of aromatic amines is 1. The molecule has 0 fully saturated rings. The minimum Gasteiger partial charge on any atom is -0.337 e. The van der Waals surface area contributed by atoms with Gasteiger partial charge in [0, 0.05) is 18.0 Å². The molecule has 0 aliphatic rings. The molecule has 0 amide bonds. The highest BCUT2D eigenvalue weighted by molar-refractivity contribution is 7.90. The predicted octanol–water partition coefficient (Wildman–Crippen LogP) is 2.03. The van der Waals surface area contributed by atoms with Crippen molar-refractivity contribution in [3.05, 3.63) is 42.6 Å². The monoisotopic (exact) mass is 273 g/mol. The SMILES string of the molecule is CS(=O)(=O)c1cccc(-c2nc3ncccc3[nH]2)c1. The third-order valence-electron chi connectivity index (χ3n) is 2.79. The zero-order valence-electron chi connectivity index (χ0n) is 10.2. The van der Waals surface area contributed by atoms with Crippen LogP contribution in [0.3, 0.4) is 0 Å². The Labute approximate surface area is 110 Å². The number of fused-ring (bicyclic) bond motifs is 1. The van der Waals surface area contributed by atoms with E-state index in [2.05, 4.69) is 15.0 Å². The fourth-order valence-electron chi connectivity index (χ4n) is 1.86. The second-order valence-corrected chi connectivity index (χ2v) is 6.28. The Hall–Kier alpha value is -2.21. The van der Waals surface area contributed by atoms with Gasteiger partial charge in [0.25, 0.3) is 0 Å². The van der Waals surface area contributed by atoms with E-state index in [1.807, 2.05) is 18.2 Å². The molecule has 3 aromatic rings. The predicted molar refractivity (Wildman–Crippen MR) is 72.4 cm³/mol. The zero-order valence-corrected chi connectivity index (χ0v) is 11.0. The molecule has 0 unspecified atom stereocenters. The molecule has 6 heteroatoms. The van der Waals surface area contributed by atoms with Crippen molar-refractivity contribution in [3.63, 3.8) is 0 Å². The Balaban J connectivity index is 2.16. The molecule has 1 N–H and O–H groups in total. The average Bonchev–Trinajstić information content (AvgIpc) is 2.81. The molecule has 0 spiro atoms. The van der Waals surface area contributed by atoms with E-state index in [4.69, 9.17) is 0 Å². The van der Waals surface area contributed by atoms with Crippen molar-refractivity contribution in [2.75, 3.05) is 6.26 Å². The van der Waals surface area contributed by atoms with Crippen molar-refractivity contribution < 1.29 is 8.42 Å². The summed E-state index contributed by atoms with van der Waals surface area (Å²) < 4.78 is 23.1. The van der Waals surface area contributed by atoms with E-state index in [1.165, 1.54) is 6.26 Å². The summed E-state index contributed by atoms with van der Waals surface area (Å²) in [6.07, 6.45) is 2.85. The van der Waals surface area contributed by atoms with E-state index in [0.717, 1.165) is 11.1 Å². The van der Waals surface area contributed by atoms with Crippen molar-refractivity contribution in [1.82, 2.24) is 15.0 Å². The smallest absolute Gasteiger partial charge is 0.178 e. The lowest BCUT2D eigenvalue weighted by Gasteiger charge is -2.00. The highest BCUT2D eigenvalue weighted by Crippen LogP contribution is 2.21. The van der Waals surface area contributed by atoms with Crippen LogP contribution >= 0.6 is 0 Å². The minimum atomic E-state index is -3.22. The van der Waals surface area contributed by atoms with E-state index >= 15 is 0 Å². The van der Waals surface area contributed by atoms with Crippen molar-refractivity contribution in [2.45, 2.75) is 4.90 Å². The quantitative estimate of drug-likeness (QED) is 0.775. The van der Waals surface area contributed by atoms with E-state index in [-0.39, 0.29) is 4.90 Å². The van der Waals surface area contributed by atoms with Gasteiger partial charge in [-0.05, 0) is 24.3 Å². The number of H-pyrrole nitrogens is 1. The highest BCUT2D eigenvalue weighted by atomic mass is 32.2. The molecule has 96 valence electrons. The van der Waals surface area contributed by atoms with Gasteiger partial charge in [-0.15, -0.1) is 0 Å². The third-order valence-corrected chi connectivity index (χ3v) is 3.90. The number of rotatable bonds is 2. The fraction of sp³-hybridized carbons (Fsp3) is 0.0769. The summed E-state index contributed by atoms with van der Waals surface area (Å²) in [7, 11) is -3.22. The maximum Gasteiger partial charge on any atom is 0.178 e. The van der Waals surface area contributed by atoms with Crippen LogP contribution in [-0.4, -0.2) is 29.6 Å². The lowest BCUT2D eigenvalue weighted by Crippen LogP contribution is -1.97. The molecule has 3 rings (SSSR count). The van der Waals surface area contributed by atoms with Crippen LogP contribution < -0.4 is 0 Å². The summed E-state index contributed by atoms with van der Waals surface area (Å²) >= 11 is 0. The van der Waals surface area contributed by atoms with E-state index < -0.39 is 9.84 Å². The van der Waals surface area contributed by atoms with E-state index in [9.17, 15) is 8.42 Å². The summed E-state index contributed by atoms with van der Waals surface area (Å²) in [5.41, 5.74) is 2.16. The molecule has 19 heavy (non-hydrogen) atoms. The number of nitrogens with one attached hydrogen (secondary N) is 1. The van der Waals surface area contributed by atoms with Gasteiger partial charge in [-0.3, -0.25) is 0 Å². The fourth-order valence-corrected chi connectivity index (χ4v) is 2.52. The molecule has 2 heterocycles. The van der Waals surface area contributed by atoms with Gasteiger partial charge in [-0.1, -0.05) is 12.1 Å². The van der Waals surface area contributed by atoms with Crippen molar-refractivity contribution in [1.29, 1.82) is 0 Å². The van der Waals surface area contributed by atoms with Gasteiger partial charge in [-0.25, -0.2) is 18.4 Å². The Morgan fingerprint density at radius 2 is 2.00 bits per heavy atom. The molecule has 0 saturated heterocycles. The minimum absolute atomic E-state index is 0.276. The summed E-state index contributed by atoms with van der Waals surface area (Å²) in [6, 6.07) is 10.4. The molecule has 0 saturated carbocycles. The summed E-state index contributed by atoms with van der Waals surface area (Å²) in [4.78, 5) is 11.9. The van der Waals surface area contributed by atoms with Crippen LogP contribution in [-0.2, 0) is 9.84 Å². The standard InChI is InChI=1S/C13H11N3O2S/c1-19(17,18)10-5-2-4-9(8-10)12-15-11-6-3-7-14-13(11)16-12/h2-8H,1H3,(H,14,15,16). The summed E-state index contributed by atoms with van der Waals surface area (Å²) in [6.45, 7) is 0. The molecule has 5 nitrogen and oxygen atoms in total. The first-order valence-corrected chi connectivity index (χ1v) is 7.54. The number of hydrogen-bond donors (Lipinski definition) is 1. The van der Waals surface area contributed by atoms with Crippen molar-refractivity contribution >= 4 is 21.0 Å². The average molecular weight is 273 g/mol. The maximum atomic E-state index is 11.5. The number of sulfone groups is 1. The van der Waals surface area contributed by atoms with E-state index in [1.54, 1.807) is 24.4 Å². The first kappa shape index (κ1) is 11.9. The number of hydrogen-bond acceptors (Lipinski definition) is 4. The Morgan fingerprint density at radius 3 is 2.74 bits per heavy atom. The Morgan fingerprint density at radius 1 is 1.16 bits per heavy atom. The van der Waals surface area contributed by atoms with Gasteiger partial charge in [0.1, 0.15) is 5.82 Å². The summed E-state index contributed by atoms with van der Waals surface area (Å²) in [5.74, 6) is 0.610.